The van der Waals surface area contributed by atoms with Crippen LogP contribution >= 0.6 is 11.6 Å². The molecule has 2 heteroatoms. The largest absolute Gasteiger partial charge is 0.305 e. The van der Waals surface area contributed by atoms with Crippen molar-refractivity contribution < 1.29 is 0 Å². The Balaban J connectivity index is 1.93. The molecule has 0 aliphatic heterocycles. The van der Waals surface area contributed by atoms with E-state index in [4.69, 9.17) is 11.6 Å². The van der Waals surface area contributed by atoms with Crippen molar-refractivity contribution in [1.29, 1.82) is 0 Å². The first-order valence-corrected chi connectivity index (χ1v) is 8.46. The van der Waals surface area contributed by atoms with Gasteiger partial charge in [0.2, 0.25) is 0 Å². The van der Waals surface area contributed by atoms with Crippen molar-refractivity contribution in [3.05, 3.63) is 70.7 Å². The molecule has 0 bridgehead atoms. The Morgan fingerprint density at radius 3 is 2.14 bits per heavy atom. The van der Waals surface area contributed by atoms with Crippen LogP contribution in [0.1, 0.15) is 30.4 Å². The minimum absolute atomic E-state index is 0.268. The summed E-state index contributed by atoms with van der Waals surface area (Å²) in [5.41, 5.74) is 3.13. The van der Waals surface area contributed by atoms with Gasteiger partial charge in [-0.15, -0.1) is 0 Å². The lowest BCUT2D eigenvalue weighted by molar-refractivity contribution is 0.0965. The summed E-state index contributed by atoms with van der Waals surface area (Å²) in [4.78, 5) is 2.40. The summed E-state index contributed by atoms with van der Waals surface area (Å²) in [5, 5.41) is 0.822. The van der Waals surface area contributed by atoms with E-state index in [1.165, 1.54) is 30.4 Å². The van der Waals surface area contributed by atoms with E-state index in [-0.39, 0.29) is 5.41 Å². The number of halogens is 1. The Morgan fingerprint density at radius 2 is 1.64 bits per heavy atom. The van der Waals surface area contributed by atoms with E-state index in [2.05, 4.69) is 61.5 Å². The third-order valence-corrected chi connectivity index (χ3v) is 5.45. The summed E-state index contributed by atoms with van der Waals surface area (Å²) in [6.45, 7) is 0. The van der Waals surface area contributed by atoms with Crippen LogP contribution in [-0.2, 0) is 11.8 Å². The summed E-state index contributed by atoms with van der Waals surface area (Å²) >= 11 is 6.08. The van der Waals surface area contributed by atoms with Crippen LogP contribution in [0.2, 0.25) is 5.02 Å². The molecule has 1 nitrogen and oxygen atoms in total. The molecule has 2 aromatic carbocycles. The van der Waals surface area contributed by atoms with Gasteiger partial charge >= 0.3 is 0 Å². The van der Waals surface area contributed by atoms with Crippen molar-refractivity contribution in [2.75, 3.05) is 14.1 Å². The van der Waals surface area contributed by atoms with Gasteiger partial charge in [-0.1, -0.05) is 60.5 Å². The Labute approximate surface area is 138 Å². The molecule has 2 aromatic rings. The molecule has 0 N–H and O–H groups in total. The molecule has 0 amide bonds. The van der Waals surface area contributed by atoms with Gasteiger partial charge in [0.15, 0.2) is 0 Å². The fraction of sp³-hybridized carbons (Fsp3) is 0.400. The van der Waals surface area contributed by atoms with E-state index in [0.29, 0.717) is 6.04 Å². The quantitative estimate of drug-likeness (QED) is 0.756. The molecule has 1 atom stereocenters. The molecule has 116 valence electrons. The second-order valence-corrected chi connectivity index (χ2v) is 7.12. The predicted octanol–water partition coefficient (Wildman–Crippen LogP) is 4.93. The number of nitrogens with zero attached hydrogens (tertiary/aromatic N) is 1. The van der Waals surface area contributed by atoms with Gasteiger partial charge in [-0.3, -0.25) is 0 Å². The van der Waals surface area contributed by atoms with Crippen LogP contribution in [0.5, 0.6) is 0 Å². The van der Waals surface area contributed by atoms with Crippen molar-refractivity contribution in [2.45, 2.75) is 37.1 Å². The van der Waals surface area contributed by atoms with Gasteiger partial charge in [0.1, 0.15) is 0 Å². The lowest BCUT2D eigenvalue weighted by Crippen LogP contribution is -2.53. The van der Waals surface area contributed by atoms with Crippen molar-refractivity contribution in [1.82, 2.24) is 4.90 Å². The zero-order chi connectivity index (χ0) is 15.6. The normalized spacial score (nSPS) is 18.0. The highest BCUT2D eigenvalue weighted by molar-refractivity contribution is 6.30. The van der Waals surface area contributed by atoms with E-state index >= 15 is 0 Å². The number of benzene rings is 2. The zero-order valence-corrected chi connectivity index (χ0v) is 14.2. The molecular formula is C20H24ClN. The highest BCUT2D eigenvalue weighted by Crippen LogP contribution is 2.48. The fourth-order valence-electron chi connectivity index (χ4n) is 3.86. The molecule has 0 spiro atoms. The van der Waals surface area contributed by atoms with E-state index in [0.717, 1.165) is 11.4 Å². The number of hydrogen-bond acceptors (Lipinski definition) is 1. The molecule has 0 radical (unpaired) electrons. The molecule has 1 unspecified atom stereocenters. The predicted molar refractivity (Wildman–Crippen MR) is 94.6 cm³/mol. The fourth-order valence-corrected chi connectivity index (χ4v) is 3.99. The third kappa shape index (κ3) is 2.93. The highest BCUT2D eigenvalue weighted by atomic mass is 35.5. The first-order chi connectivity index (χ1) is 10.6. The molecule has 0 aromatic heterocycles. The van der Waals surface area contributed by atoms with Crippen LogP contribution in [0.15, 0.2) is 54.6 Å². The Hall–Kier alpha value is -1.31. The molecule has 0 heterocycles. The third-order valence-electron chi connectivity index (χ3n) is 5.20. The van der Waals surface area contributed by atoms with Crippen molar-refractivity contribution in [3.8, 4) is 0 Å². The van der Waals surface area contributed by atoms with Gasteiger partial charge in [-0.2, -0.15) is 0 Å². The molecule has 0 saturated heterocycles. The lowest BCUT2D eigenvalue weighted by Gasteiger charge is -2.51. The Morgan fingerprint density at radius 1 is 1.00 bits per heavy atom. The van der Waals surface area contributed by atoms with Gasteiger partial charge in [0.25, 0.3) is 0 Å². The van der Waals surface area contributed by atoms with Crippen LogP contribution < -0.4 is 0 Å². The van der Waals surface area contributed by atoms with E-state index < -0.39 is 0 Å². The van der Waals surface area contributed by atoms with Gasteiger partial charge in [-0.25, -0.2) is 0 Å². The molecule has 1 aliphatic carbocycles. The molecular weight excluding hydrogens is 290 g/mol. The summed E-state index contributed by atoms with van der Waals surface area (Å²) in [5.74, 6) is 0. The summed E-state index contributed by atoms with van der Waals surface area (Å²) < 4.78 is 0. The van der Waals surface area contributed by atoms with Crippen LogP contribution in [0.25, 0.3) is 0 Å². The standard InChI is InChI=1S/C20H24ClN/c1-22(2)19(15-16-7-4-3-5-8-16)20(13-6-14-20)17-9-11-18(21)12-10-17/h3-5,7-12,19H,6,13-15H2,1-2H3. The molecule has 1 fully saturated rings. The zero-order valence-electron chi connectivity index (χ0n) is 13.4. The van der Waals surface area contributed by atoms with Crippen molar-refractivity contribution in [2.24, 2.45) is 0 Å². The topological polar surface area (TPSA) is 3.24 Å². The van der Waals surface area contributed by atoms with Crippen molar-refractivity contribution >= 4 is 11.6 Å². The first kappa shape index (κ1) is 15.6. The Kier molecular flexibility index (Phi) is 4.56. The Bertz CT molecular complexity index is 599. The lowest BCUT2D eigenvalue weighted by atomic mass is 9.59. The van der Waals surface area contributed by atoms with Crippen molar-refractivity contribution in [3.63, 3.8) is 0 Å². The second kappa shape index (κ2) is 6.44. The monoisotopic (exact) mass is 313 g/mol. The van der Waals surface area contributed by atoms with E-state index in [1.54, 1.807) is 0 Å². The van der Waals surface area contributed by atoms with E-state index in [1.807, 2.05) is 12.1 Å². The maximum Gasteiger partial charge on any atom is 0.0406 e. The summed E-state index contributed by atoms with van der Waals surface area (Å²) in [6.07, 6.45) is 4.95. The highest BCUT2D eigenvalue weighted by Gasteiger charge is 2.46. The van der Waals surface area contributed by atoms with E-state index in [9.17, 15) is 0 Å². The SMILES string of the molecule is CN(C)C(Cc1ccccc1)C1(c2ccc(Cl)cc2)CCC1. The minimum Gasteiger partial charge on any atom is -0.305 e. The maximum atomic E-state index is 6.08. The molecule has 1 aliphatic rings. The minimum atomic E-state index is 0.268. The van der Waals surface area contributed by atoms with Gasteiger partial charge in [-0.05, 0) is 56.6 Å². The summed E-state index contributed by atoms with van der Waals surface area (Å²) in [6, 6.07) is 19.9. The molecule has 1 saturated carbocycles. The van der Waals surface area contributed by atoms with Gasteiger partial charge in [0.05, 0.1) is 0 Å². The molecule has 22 heavy (non-hydrogen) atoms. The maximum absolute atomic E-state index is 6.08. The number of hydrogen-bond donors (Lipinski definition) is 0. The smallest absolute Gasteiger partial charge is 0.0406 e. The summed E-state index contributed by atoms with van der Waals surface area (Å²) in [7, 11) is 4.42. The first-order valence-electron chi connectivity index (χ1n) is 8.08. The average Bonchev–Trinajstić information content (AvgIpc) is 2.48. The number of likely N-dealkylation sites (N-methyl/N-ethyl adjacent to an activating group) is 1. The van der Waals surface area contributed by atoms with Crippen LogP contribution in [0.4, 0.5) is 0 Å². The van der Waals surface area contributed by atoms with Gasteiger partial charge in [0, 0.05) is 16.5 Å². The van der Waals surface area contributed by atoms with Gasteiger partial charge < -0.3 is 4.90 Å². The second-order valence-electron chi connectivity index (χ2n) is 6.69. The van der Waals surface area contributed by atoms with Crippen LogP contribution in [0, 0.1) is 0 Å². The van der Waals surface area contributed by atoms with Crippen LogP contribution in [-0.4, -0.2) is 25.0 Å². The number of rotatable bonds is 5. The average molecular weight is 314 g/mol. The molecule has 3 rings (SSSR count). The van der Waals surface area contributed by atoms with Crippen LogP contribution in [0.3, 0.4) is 0 Å².